The van der Waals surface area contributed by atoms with Crippen LogP contribution in [0.3, 0.4) is 0 Å². The Bertz CT molecular complexity index is 442. The van der Waals surface area contributed by atoms with E-state index in [-0.39, 0.29) is 37.2 Å². The zero-order chi connectivity index (χ0) is 17.6. The van der Waals surface area contributed by atoms with E-state index >= 15 is 0 Å². The fraction of sp³-hybridized carbons (Fsp3) is 0.800. The molecule has 1 aromatic heterocycles. The standard InChI is InChI=1S/C15H29BNO5S.Li/c1-10(2)20-16(21-11(3)4,22-12(5)6)15-17-13(9-23-15)14(18-7)19-8;/h9-12,14H,1-8H3;/q-1;+1. The predicted molar refractivity (Wildman–Crippen MR) is 92.9 cm³/mol. The molecule has 0 aliphatic heterocycles. The van der Waals surface area contributed by atoms with E-state index < -0.39 is 13.0 Å². The molecule has 0 saturated carbocycles. The Morgan fingerprint density at radius 3 is 1.62 bits per heavy atom. The van der Waals surface area contributed by atoms with Crippen LogP contribution >= 0.6 is 11.3 Å². The van der Waals surface area contributed by atoms with Crippen LogP contribution in [0.4, 0.5) is 0 Å². The van der Waals surface area contributed by atoms with Crippen LogP contribution in [0.1, 0.15) is 53.5 Å². The van der Waals surface area contributed by atoms with Gasteiger partial charge in [0.25, 0.3) is 0 Å². The molecule has 0 fully saturated rings. The van der Waals surface area contributed by atoms with Crippen molar-refractivity contribution < 1.29 is 42.3 Å². The van der Waals surface area contributed by atoms with Gasteiger partial charge in [-0.3, -0.25) is 4.98 Å². The van der Waals surface area contributed by atoms with Crippen LogP contribution in [-0.2, 0) is 23.4 Å². The number of rotatable bonds is 10. The molecule has 0 aliphatic carbocycles. The average Bonchev–Trinajstić information content (AvgIpc) is 2.87. The molecule has 1 rings (SSSR count). The third-order valence-electron chi connectivity index (χ3n) is 2.87. The molecular weight excluding hydrogens is 324 g/mol. The van der Waals surface area contributed by atoms with Gasteiger partial charge in [0.2, 0.25) is 6.29 Å². The van der Waals surface area contributed by atoms with Crippen LogP contribution in [0.15, 0.2) is 5.38 Å². The summed E-state index contributed by atoms with van der Waals surface area (Å²) in [7, 11) is 3.15. The van der Waals surface area contributed by atoms with Crippen LogP contribution in [0.5, 0.6) is 0 Å². The molecule has 134 valence electrons. The first-order valence-electron chi connectivity index (χ1n) is 7.92. The summed E-state index contributed by atoms with van der Waals surface area (Å²) < 4.78 is 28.8. The van der Waals surface area contributed by atoms with Crippen LogP contribution in [0, 0.1) is 0 Å². The number of nitrogens with zero attached hydrogens (tertiary/aromatic N) is 1. The minimum Gasteiger partial charge on any atom is -0.537 e. The SMILES string of the molecule is COC(OC)c1csc([B-](OC(C)C)(OC(C)C)OC(C)C)n1.[Li+]. The van der Waals surface area contributed by atoms with E-state index in [1.54, 1.807) is 14.2 Å². The summed E-state index contributed by atoms with van der Waals surface area (Å²) in [6.45, 7) is 9.56. The molecule has 0 bridgehead atoms. The maximum atomic E-state index is 6.09. The van der Waals surface area contributed by atoms with E-state index in [4.69, 9.17) is 23.4 Å². The molecule has 0 radical (unpaired) electrons. The minimum absolute atomic E-state index is 0. The molecule has 24 heavy (non-hydrogen) atoms. The summed E-state index contributed by atoms with van der Waals surface area (Å²) in [5.41, 5.74) is 0.674. The van der Waals surface area contributed by atoms with E-state index in [2.05, 4.69) is 4.98 Å². The monoisotopic (exact) mass is 353 g/mol. The van der Waals surface area contributed by atoms with Gasteiger partial charge in [-0.25, -0.2) is 0 Å². The number of aromatic nitrogens is 1. The fourth-order valence-electron chi connectivity index (χ4n) is 2.25. The topological polar surface area (TPSA) is 59.0 Å². The summed E-state index contributed by atoms with van der Waals surface area (Å²) in [5, 5.41) is 1.88. The smallest absolute Gasteiger partial charge is 0.537 e. The van der Waals surface area contributed by atoms with E-state index in [0.717, 1.165) is 0 Å². The Labute approximate surface area is 161 Å². The number of methoxy groups -OCH3 is 2. The zero-order valence-corrected chi connectivity index (χ0v) is 17.2. The van der Waals surface area contributed by atoms with Gasteiger partial charge < -0.3 is 23.4 Å². The first kappa shape index (κ1) is 24.1. The second kappa shape index (κ2) is 10.9. The molecule has 0 N–H and O–H groups in total. The maximum Gasteiger partial charge on any atom is 1.00 e. The number of ether oxygens (including phenoxy) is 2. The first-order chi connectivity index (χ1) is 10.7. The summed E-state index contributed by atoms with van der Waals surface area (Å²) in [6.07, 6.45) is -0.729. The third kappa shape index (κ3) is 6.77. The summed E-state index contributed by atoms with van der Waals surface area (Å²) >= 11 is 1.42. The molecule has 0 aromatic carbocycles. The molecule has 0 saturated heterocycles. The molecular formula is C15H29BLiNO5S. The van der Waals surface area contributed by atoms with Crippen LogP contribution in [-0.4, -0.2) is 44.3 Å². The molecule has 1 heterocycles. The van der Waals surface area contributed by atoms with Crippen molar-refractivity contribution >= 4 is 23.0 Å². The largest absolute Gasteiger partial charge is 1.00 e. The van der Waals surface area contributed by atoms with E-state index in [9.17, 15) is 0 Å². The van der Waals surface area contributed by atoms with Gasteiger partial charge in [0.1, 0.15) is 5.69 Å². The van der Waals surface area contributed by atoms with Crippen molar-refractivity contribution in [3.05, 3.63) is 11.1 Å². The molecule has 0 aliphatic rings. The Morgan fingerprint density at radius 1 is 0.875 bits per heavy atom. The Morgan fingerprint density at radius 2 is 1.29 bits per heavy atom. The zero-order valence-electron chi connectivity index (χ0n) is 16.4. The second-order valence-electron chi connectivity index (χ2n) is 6.11. The maximum absolute atomic E-state index is 6.09. The van der Waals surface area contributed by atoms with Crippen molar-refractivity contribution in [3.8, 4) is 0 Å². The van der Waals surface area contributed by atoms with E-state index in [1.807, 2.05) is 46.9 Å². The van der Waals surface area contributed by atoms with E-state index in [0.29, 0.717) is 10.6 Å². The minimum atomic E-state index is -2.14. The van der Waals surface area contributed by atoms with Crippen molar-refractivity contribution in [1.29, 1.82) is 0 Å². The molecule has 0 spiro atoms. The first-order valence-corrected chi connectivity index (χ1v) is 8.80. The van der Waals surface area contributed by atoms with Gasteiger partial charge in [-0.1, -0.05) is 0 Å². The van der Waals surface area contributed by atoms with Gasteiger partial charge in [0, 0.05) is 42.8 Å². The van der Waals surface area contributed by atoms with Crippen LogP contribution in [0.2, 0.25) is 0 Å². The second-order valence-corrected chi connectivity index (χ2v) is 7.00. The van der Waals surface area contributed by atoms with Gasteiger partial charge >= 0.3 is 25.6 Å². The van der Waals surface area contributed by atoms with Crippen molar-refractivity contribution in [3.63, 3.8) is 0 Å². The van der Waals surface area contributed by atoms with Gasteiger partial charge in [-0.15, -0.1) is 0 Å². The van der Waals surface area contributed by atoms with Crippen molar-refractivity contribution in [1.82, 2.24) is 4.98 Å². The van der Waals surface area contributed by atoms with Crippen molar-refractivity contribution in [2.24, 2.45) is 0 Å². The quantitative estimate of drug-likeness (QED) is 0.431. The summed E-state index contributed by atoms with van der Waals surface area (Å²) in [4.78, 5) is 5.25. The molecule has 0 unspecified atom stereocenters. The molecule has 0 amide bonds. The van der Waals surface area contributed by atoms with Gasteiger partial charge in [0.15, 0.2) is 0 Å². The van der Waals surface area contributed by atoms with Crippen LogP contribution < -0.4 is 23.8 Å². The Hall–Kier alpha value is 0.0923. The van der Waals surface area contributed by atoms with Gasteiger partial charge in [-0.05, 0) is 41.5 Å². The van der Waals surface area contributed by atoms with E-state index in [1.165, 1.54) is 11.3 Å². The number of hydrogen-bond donors (Lipinski definition) is 0. The average molecular weight is 353 g/mol. The Balaban J connectivity index is 0.00000529. The number of hydrogen-bond acceptors (Lipinski definition) is 7. The van der Waals surface area contributed by atoms with Gasteiger partial charge in [0.05, 0.1) is 0 Å². The molecule has 6 nitrogen and oxygen atoms in total. The Kier molecular flexibility index (Phi) is 11.0. The van der Waals surface area contributed by atoms with Gasteiger partial charge in [-0.2, -0.15) is 11.3 Å². The summed E-state index contributed by atoms with van der Waals surface area (Å²) in [5.74, 6) is 0. The molecule has 9 heteroatoms. The molecule has 1 aromatic rings. The third-order valence-corrected chi connectivity index (χ3v) is 3.85. The number of thiazole rings is 1. The van der Waals surface area contributed by atoms with Crippen molar-refractivity contribution in [2.45, 2.75) is 66.1 Å². The normalized spacial score (nSPS) is 12.5. The van der Waals surface area contributed by atoms with Crippen molar-refractivity contribution in [2.75, 3.05) is 14.2 Å². The molecule has 0 atom stereocenters. The summed E-state index contributed by atoms with van der Waals surface area (Å²) in [6, 6.07) is 0. The predicted octanol–water partition coefficient (Wildman–Crippen LogP) is -0.141. The fourth-order valence-corrected chi connectivity index (χ4v) is 3.15. The van der Waals surface area contributed by atoms with Crippen LogP contribution in [0.25, 0.3) is 0 Å².